The first-order valence-electron chi connectivity index (χ1n) is 34.1. The van der Waals surface area contributed by atoms with E-state index in [-0.39, 0.29) is 62.9 Å². The molecule has 12 atom stereocenters. The zero-order chi connectivity index (χ0) is 76.5. The zero-order valence-corrected chi connectivity index (χ0v) is 58.7. The lowest BCUT2D eigenvalue weighted by molar-refractivity contribution is -0.151. The highest BCUT2D eigenvalue weighted by Gasteiger charge is 2.44. The molecule has 0 spiro atoms. The number of aromatic hydroxyl groups is 1. The molecule has 0 bridgehead atoms. The van der Waals surface area contributed by atoms with E-state index >= 15 is 14.4 Å². The van der Waals surface area contributed by atoms with Crippen molar-refractivity contribution in [3.8, 4) is 5.75 Å². The molecule has 15 N–H and O–H groups in total. The normalized spacial score (nSPS) is 24.4. The summed E-state index contributed by atoms with van der Waals surface area (Å²) < 4.78 is 14.9. The molecule has 2 aliphatic heterocycles. The number of carbonyl (C=O) groups excluding carboxylic acids is 13. The number of halogens is 1. The fraction of sp³-hybridized carbons (Fsp3) is 0.535. The van der Waals surface area contributed by atoms with Crippen molar-refractivity contribution in [2.24, 2.45) is 35.1 Å². The molecule has 3 aromatic rings. The number of likely N-dealkylation sites (N-methyl/N-ethyl adjacent to an activating group) is 3. The summed E-state index contributed by atoms with van der Waals surface area (Å²) in [5.74, 6) is -22.1. The summed E-state index contributed by atoms with van der Waals surface area (Å²) in [5, 5.41) is 72.1. The van der Waals surface area contributed by atoms with Gasteiger partial charge in [-0.05, 0) is 73.8 Å². The SMILES string of the molecule is CC(C)[C@@H]1NC(=O)[C@H](Cc2ccccc2)N(C)C(=O)[C@H](Cc2ccccc2)N(C)C(=O)[C@H](CO)CC(=O)[C@H](C)N(C)C(=O)C[C@@H](C(=O)N2CCC[C@H]2C(=O)N[C@@H](CCCCC(=N)N)C(=O)O)CC(=O)[C@H](CO)NC(=O)[C@H](Cc2ccc(O)c(F)c2)NC(=O)[C@H](CO)NC(=O)[C@H](CCC(N)=O)CC1=O. The number of aliphatic hydroxyl groups excluding tert-OH is 3. The number of amidine groups is 1. The Bertz CT molecular complexity index is 3550. The van der Waals surface area contributed by atoms with E-state index in [1.54, 1.807) is 74.5 Å². The summed E-state index contributed by atoms with van der Waals surface area (Å²) in [4.78, 5) is 205. The van der Waals surface area contributed by atoms with Crippen LogP contribution in [0, 0.1) is 34.9 Å². The van der Waals surface area contributed by atoms with Crippen LogP contribution in [-0.4, -0.2) is 235 Å². The number of carboxylic acids is 1. The monoisotopic (exact) mass is 1440 g/mol. The van der Waals surface area contributed by atoms with E-state index in [0.717, 1.165) is 37.8 Å². The summed E-state index contributed by atoms with van der Waals surface area (Å²) in [7, 11) is 3.74. The fourth-order valence-electron chi connectivity index (χ4n) is 12.3. The average Bonchev–Trinajstić information content (AvgIpc) is 1.79. The van der Waals surface area contributed by atoms with Crippen molar-refractivity contribution in [1.29, 1.82) is 5.41 Å². The number of primary amides is 1. The van der Waals surface area contributed by atoms with Gasteiger partial charge in [-0.1, -0.05) is 87.0 Å². The standard InChI is InChI=1S/C71H97FN12O19/c1-39(2)62-58(91)32-44(24-26-60(75)92)63(94)79-51(38-87)65(96)77-49(29-43-23-25-55(88)47(72)28-43)64(95)78-50(37-86)57(90)33-45(69(100)84-27-15-21-52(84)66(97)76-48(71(102)103)20-13-14-22-59(73)74)35-61(93)81(4)40(3)56(89)34-46(36-85)68(99)83(6)54(31-42-18-11-8-12-19-42)70(101)82(5)53(67(98)80-62)30-41-16-9-7-10-17-41/h7-12,16-19,23,25,28,39-40,44-46,48-54,62,85-88H,13-15,20-22,24,26-27,29-38H2,1-6H3,(H3,73,74)(H2,75,92)(H,76,97)(H,77,96)(H,78,95)(H,79,94)(H,80,98)(H,102,103)/t40-,44+,45-,46-,48-,49-,50-,51-,52-,53-,54-,62-/m0/s1. The molecule has 2 heterocycles. The Kier molecular flexibility index (Phi) is 32.4. The number of ketones is 3. The molecule has 2 saturated heterocycles. The molecule has 2 fully saturated rings. The van der Waals surface area contributed by atoms with Crippen LogP contribution in [-0.2, 0) is 86.4 Å². The molecule has 2 aliphatic rings. The molecule has 0 unspecified atom stereocenters. The lowest BCUT2D eigenvalue weighted by atomic mass is 9.89. The fourth-order valence-corrected chi connectivity index (χ4v) is 12.3. The van der Waals surface area contributed by atoms with E-state index in [9.17, 15) is 82.7 Å². The van der Waals surface area contributed by atoms with Crippen LogP contribution in [0.15, 0.2) is 78.9 Å². The molecule has 3 aromatic carbocycles. The van der Waals surface area contributed by atoms with Gasteiger partial charge in [0.1, 0.15) is 42.3 Å². The van der Waals surface area contributed by atoms with Gasteiger partial charge in [0.15, 0.2) is 28.9 Å². The van der Waals surface area contributed by atoms with Crippen LogP contribution in [0.2, 0.25) is 0 Å². The van der Waals surface area contributed by atoms with Crippen LogP contribution in [0.5, 0.6) is 5.75 Å². The number of phenolic OH excluding ortho intramolecular Hbond substituents is 1. The number of nitrogens with zero attached hydrogens (tertiary/aromatic N) is 4. The maximum absolute atomic E-state index is 15.3. The number of rotatable bonds is 22. The third-order valence-corrected chi connectivity index (χ3v) is 18.7. The number of benzene rings is 3. The molecular formula is C71H97FN12O19. The molecular weight excluding hydrogens is 1340 g/mol. The number of aliphatic carboxylic acids is 1. The number of Topliss-reactive ketones (excluding diaryl/α,β-unsaturated/α-hetero) is 3. The van der Waals surface area contributed by atoms with E-state index in [0.29, 0.717) is 17.5 Å². The van der Waals surface area contributed by atoms with E-state index in [4.69, 9.17) is 16.9 Å². The Hall–Kier alpha value is -10.1. The molecule has 31 nitrogen and oxygen atoms in total. The van der Waals surface area contributed by atoms with Gasteiger partial charge < -0.3 is 83.2 Å². The average molecular weight is 1440 g/mol. The first-order valence-corrected chi connectivity index (χ1v) is 34.1. The Morgan fingerprint density at radius 2 is 1.20 bits per heavy atom. The third kappa shape index (κ3) is 24.3. The second-order valence-electron chi connectivity index (χ2n) is 26.6. The quantitative estimate of drug-likeness (QED) is 0.0329. The van der Waals surface area contributed by atoms with Crippen LogP contribution in [0.1, 0.15) is 115 Å². The van der Waals surface area contributed by atoms with Crippen LogP contribution in [0.4, 0.5) is 4.39 Å². The van der Waals surface area contributed by atoms with Gasteiger partial charge in [0.05, 0.1) is 49.6 Å². The highest BCUT2D eigenvalue weighted by atomic mass is 19.1. The number of phenols is 1. The first-order chi connectivity index (χ1) is 48.7. The van der Waals surface area contributed by atoms with Gasteiger partial charge in [0.25, 0.3) is 0 Å². The number of nitrogens with two attached hydrogens (primary N) is 2. The molecule has 562 valence electrons. The van der Waals surface area contributed by atoms with Crippen molar-refractivity contribution in [2.45, 2.75) is 171 Å². The number of amides is 10. The number of likely N-dealkylation sites (tertiary alicyclic amines) is 1. The van der Waals surface area contributed by atoms with Gasteiger partial charge in [-0.2, -0.15) is 0 Å². The predicted octanol–water partition coefficient (Wildman–Crippen LogP) is -0.916. The van der Waals surface area contributed by atoms with Gasteiger partial charge in [0.2, 0.25) is 59.1 Å². The van der Waals surface area contributed by atoms with Crippen molar-refractivity contribution in [2.75, 3.05) is 47.5 Å². The van der Waals surface area contributed by atoms with Gasteiger partial charge in [-0.3, -0.25) is 67.7 Å². The van der Waals surface area contributed by atoms with Crippen LogP contribution < -0.4 is 38.1 Å². The molecule has 32 heteroatoms. The summed E-state index contributed by atoms with van der Waals surface area (Å²) in [6.45, 7) is 0.855. The Morgan fingerprint density at radius 3 is 1.77 bits per heavy atom. The second kappa shape index (κ2) is 39.9. The summed E-state index contributed by atoms with van der Waals surface area (Å²) in [5.41, 5.74) is 12.0. The van der Waals surface area contributed by atoms with Crippen molar-refractivity contribution in [3.63, 3.8) is 0 Å². The molecule has 5 rings (SSSR count). The Morgan fingerprint density at radius 1 is 0.631 bits per heavy atom. The van der Waals surface area contributed by atoms with Crippen molar-refractivity contribution >= 4 is 88.2 Å². The van der Waals surface area contributed by atoms with E-state index in [1.165, 1.54) is 28.1 Å². The van der Waals surface area contributed by atoms with Gasteiger partial charge in [-0.25, -0.2) is 9.18 Å². The molecule has 0 aromatic heterocycles. The lowest BCUT2D eigenvalue weighted by Gasteiger charge is -2.36. The molecule has 103 heavy (non-hydrogen) atoms. The Labute approximate surface area is 595 Å². The number of aliphatic hydroxyl groups is 3. The van der Waals surface area contributed by atoms with Crippen LogP contribution in [0.25, 0.3) is 0 Å². The van der Waals surface area contributed by atoms with Crippen LogP contribution >= 0.6 is 0 Å². The van der Waals surface area contributed by atoms with Crippen molar-refractivity contribution < 1.29 is 97.0 Å². The van der Waals surface area contributed by atoms with Gasteiger partial charge in [0, 0.05) is 91.4 Å². The number of hydrogen-bond acceptors (Lipinski definition) is 19. The predicted molar refractivity (Wildman–Crippen MR) is 368 cm³/mol. The number of hydrogen-bond donors (Lipinski definition) is 13. The molecule has 0 aliphatic carbocycles. The largest absolute Gasteiger partial charge is 0.505 e. The van der Waals surface area contributed by atoms with Gasteiger partial charge >= 0.3 is 5.97 Å². The van der Waals surface area contributed by atoms with E-state index in [2.05, 4.69) is 26.6 Å². The van der Waals surface area contributed by atoms with Crippen molar-refractivity contribution in [1.82, 2.24) is 46.2 Å². The van der Waals surface area contributed by atoms with Crippen LogP contribution in [0.3, 0.4) is 0 Å². The summed E-state index contributed by atoms with van der Waals surface area (Å²) >= 11 is 0. The number of unbranched alkanes of at least 4 members (excludes halogenated alkanes) is 1. The smallest absolute Gasteiger partial charge is 0.326 e. The van der Waals surface area contributed by atoms with E-state index in [1.807, 2.05) is 0 Å². The zero-order valence-electron chi connectivity index (χ0n) is 58.7. The minimum atomic E-state index is -2.01. The minimum absolute atomic E-state index is 0.0273. The highest BCUT2D eigenvalue weighted by molar-refractivity contribution is 6.01. The first kappa shape index (κ1) is 83.6. The van der Waals surface area contributed by atoms with Crippen molar-refractivity contribution in [3.05, 3.63) is 101 Å². The maximum atomic E-state index is 15.3. The lowest BCUT2D eigenvalue weighted by Crippen LogP contribution is -2.59. The summed E-state index contributed by atoms with van der Waals surface area (Å²) in [6, 6.07) is 5.19. The summed E-state index contributed by atoms with van der Waals surface area (Å²) in [6.07, 6.45) is -4.66. The second-order valence-corrected chi connectivity index (χ2v) is 26.6. The van der Waals surface area contributed by atoms with Gasteiger partial charge in [-0.15, -0.1) is 0 Å². The third-order valence-electron chi connectivity index (χ3n) is 18.7. The Balaban J connectivity index is 1.65. The minimum Gasteiger partial charge on any atom is -0.505 e. The highest BCUT2D eigenvalue weighted by Crippen LogP contribution is 2.28. The maximum Gasteiger partial charge on any atom is 0.326 e. The number of carbonyl (C=O) groups is 14. The molecule has 10 amide bonds. The molecule has 0 radical (unpaired) electrons. The number of nitrogens with one attached hydrogen (secondary N) is 6. The molecule has 0 saturated carbocycles. The van der Waals surface area contributed by atoms with E-state index < -0.39 is 237 Å². The number of carboxylic acid groups (broad SMARTS) is 1. The topological polar surface area (TPSA) is 489 Å².